The van der Waals surface area contributed by atoms with E-state index in [0.717, 1.165) is 36.1 Å². The van der Waals surface area contributed by atoms with Gasteiger partial charge in [-0.15, -0.1) is 11.3 Å². The smallest absolute Gasteiger partial charge is 0.290 e. The van der Waals surface area contributed by atoms with Crippen LogP contribution in [0.4, 0.5) is 0 Å². The van der Waals surface area contributed by atoms with E-state index in [-0.39, 0.29) is 23.6 Å². The van der Waals surface area contributed by atoms with Crippen molar-refractivity contribution in [2.45, 2.75) is 64.1 Å². The maximum Gasteiger partial charge on any atom is 0.290 e. The molecule has 5 nitrogen and oxygen atoms in total. The number of hydrogen-bond acceptors (Lipinski definition) is 4. The Balaban J connectivity index is 1.72. The van der Waals surface area contributed by atoms with E-state index in [1.54, 1.807) is 28.4 Å². The minimum absolute atomic E-state index is 0.134. The Hall–Kier alpha value is -2.86. The van der Waals surface area contributed by atoms with Crippen molar-refractivity contribution >= 4 is 23.2 Å². The molecule has 1 fully saturated rings. The molecule has 0 saturated heterocycles. The van der Waals surface area contributed by atoms with Gasteiger partial charge in [0.05, 0.1) is 12.8 Å². The van der Waals surface area contributed by atoms with Crippen molar-refractivity contribution in [2.75, 3.05) is 0 Å². The molecule has 1 atom stereocenters. The molecule has 32 heavy (non-hydrogen) atoms. The standard InChI is InChI=1S/C26H30N2O3S/c1-18(2)19-11-13-20(14-12-19)24(25(29)27-21-7-3-4-8-21)28(17-22-9-6-16-32-22)26(30)23-10-5-15-31-23/h5-6,9-16,18,21,24H,3-4,7-8,17H2,1-2H3,(H,27,29)/t24-/m0/s1. The summed E-state index contributed by atoms with van der Waals surface area (Å²) in [6, 6.07) is 14.8. The molecule has 1 aromatic carbocycles. The van der Waals surface area contributed by atoms with Crippen molar-refractivity contribution in [3.05, 3.63) is 81.9 Å². The largest absolute Gasteiger partial charge is 0.459 e. The minimum Gasteiger partial charge on any atom is -0.459 e. The average Bonchev–Trinajstić information content (AvgIpc) is 3.56. The van der Waals surface area contributed by atoms with Crippen molar-refractivity contribution < 1.29 is 14.0 Å². The van der Waals surface area contributed by atoms with Gasteiger partial charge in [0.1, 0.15) is 6.04 Å². The Kier molecular flexibility index (Phi) is 7.10. The summed E-state index contributed by atoms with van der Waals surface area (Å²) in [5.41, 5.74) is 2.01. The van der Waals surface area contributed by atoms with Crippen LogP contribution in [0.15, 0.2) is 64.6 Å². The van der Waals surface area contributed by atoms with Gasteiger partial charge in [0.25, 0.3) is 5.91 Å². The lowest BCUT2D eigenvalue weighted by Gasteiger charge is -2.31. The van der Waals surface area contributed by atoms with Crippen LogP contribution in [0.1, 0.15) is 78.0 Å². The van der Waals surface area contributed by atoms with Crippen LogP contribution in [-0.2, 0) is 11.3 Å². The minimum atomic E-state index is -0.739. The van der Waals surface area contributed by atoms with Crippen LogP contribution in [-0.4, -0.2) is 22.8 Å². The molecule has 1 saturated carbocycles. The summed E-state index contributed by atoms with van der Waals surface area (Å²) in [7, 11) is 0. The zero-order chi connectivity index (χ0) is 22.5. The summed E-state index contributed by atoms with van der Waals surface area (Å²) in [6.45, 7) is 4.62. The zero-order valence-electron chi connectivity index (χ0n) is 18.6. The average molecular weight is 451 g/mol. The van der Waals surface area contributed by atoms with E-state index in [1.165, 1.54) is 11.8 Å². The summed E-state index contributed by atoms with van der Waals surface area (Å²) in [6.07, 6.45) is 5.72. The van der Waals surface area contributed by atoms with E-state index >= 15 is 0 Å². The highest BCUT2D eigenvalue weighted by atomic mass is 32.1. The number of benzene rings is 1. The molecule has 6 heteroatoms. The number of carbonyl (C=O) groups excluding carboxylic acids is 2. The number of carbonyl (C=O) groups is 2. The fourth-order valence-electron chi connectivity index (χ4n) is 4.28. The number of nitrogens with one attached hydrogen (secondary N) is 1. The summed E-state index contributed by atoms with van der Waals surface area (Å²) in [5, 5.41) is 5.20. The van der Waals surface area contributed by atoms with Gasteiger partial charge in [-0.25, -0.2) is 0 Å². The molecule has 4 rings (SSSR count). The maximum atomic E-state index is 13.6. The Morgan fingerprint density at radius 2 is 1.78 bits per heavy atom. The molecule has 0 radical (unpaired) electrons. The molecule has 0 unspecified atom stereocenters. The second-order valence-electron chi connectivity index (χ2n) is 8.70. The number of thiophene rings is 1. The van der Waals surface area contributed by atoms with E-state index in [1.807, 2.05) is 29.6 Å². The Labute approximate surface area is 193 Å². The van der Waals surface area contributed by atoms with Gasteiger partial charge in [-0.3, -0.25) is 9.59 Å². The third kappa shape index (κ3) is 5.13. The first kappa shape index (κ1) is 22.3. The second-order valence-corrected chi connectivity index (χ2v) is 9.74. The number of nitrogens with zero attached hydrogens (tertiary/aromatic N) is 1. The molecular formula is C26H30N2O3S. The van der Waals surface area contributed by atoms with Crippen molar-refractivity contribution in [3.8, 4) is 0 Å². The van der Waals surface area contributed by atoms with Crippen LogP contribution >= 0.6 is 11.3 Å². The van der Waals surface area contributed by atoms with Crippen molar-refractivity contribution in [2.24, 2.45) is 0 Å². The quantitative estimate of drug-likeness (QED) is 0.464. The topological polar surface area (TPSA) is 62.6 Å². The Bertz CT molecular complexity index is 1000. The first-order chi connectivity index (χ1) is 15.5. The highest BCUT2D eigenvalue weighted by Crippen LogP contribution is 2.29. The molecule has 168 valence electrons. The summed E-state index contributed by atoms with van der Waals surface area (Å²) >= 11 is 1.57. The van der Waals surface area contributed by atoms with Crippen LogP contribution in [0.25, 0.3) is 0 Å². The molecule has 0 bridgehead atoms. The first-order valence-electron chi connectivity index (χ1n) is 11.3. The molecule has 1 aliphatic rings. The van der Waals surface area contributed by atoms with Crippen LogP contribution in [0, 0.1) is 0 Å². The fraction of sp³-hybridized carbons (Fsp3) is 0.385. The molecule has 0 spiro atoms. The van der Waals surface area contributed by atoms with Gasteiger partial charge in [-0.2, -0.15) is 0 Å². The molecule has 0 aliphatic heterocycles. The first-order valence-corrected chi connectivity index (χ1v) is 12.2. The molecular weight excluding hydrogens is 420 g/mol. The van der Waals surface area contributed by atoms with Gasteiger partial charge in [0, 0.05) is 10.9 Å². The molecule has 1 aliphatic carbocycles. The van der Waals surface area contributed by atoms with E-state index < -0.39 is 6.04 Å². The van der Waals surface area contributed by atoms with E-state index in [2.05, 4.69) is 31.3 Å². The van der Waals surface area contributed by atoms with Crippen LogP contribution in [0.5, 0.6) is 0 Å². The normalized spacial score (nSPS) is 15.1. The number of rotatable bonds is 8. The number of hydrogen-bond donors (Lipinski definition) is 1. The molecule has 2 amide bonds. The lowest BCUT2D eigenvalue weighted by Crippen LogP contribution is -2.45. The SMILES string of the molecule is CC(C)c1ccc([C@@H](C(=O)NC2CCCC2)N(Cc2cccs2)C(=O)c2ccco2)cc1. The monoisotopic (exact) mass is 450 g/mol. The van der Waals surface area contributed by atoms with Crippen molar-refractivity contribution in [3.63, 3.8) is 0 Å². The van der Waals surface area contributed by atoms with E-state index in [0.29, 0.717) is 12.5 Å². The Morgan fingerprint density at radius 3 is 2.38 bits per heavy atom. The van der Waals surface area contributed by atoms with Gasteiger partial charge < -0.3 is 14.6 Å². The van der Waals surface area contributed by atoms with Crippen molar-refractivity contribution in [1.29, 1.82) is 0 Å². The predicted molar refractivity (Wildman–Crippen MR) is 127 cm³/mol. The number of amides is 2. The van der Waals surface area contributed by atoms with Gasteiger partial charge in [-0.05, 0) is 53.5 Å². The molecule has 3 aromatic rings. The van der Waals surface area contributed by atoms with E-state index in [4.69, 9.17) is 4.42 Å². The lowest BCUT2D eigenvalue weighted by atomic mass is 9.97. The predicted octanol–water partition coefficient (Wildman–Crippen LogP) is 5.91. The fourth-order valence-corrected chi connectivity index (χ4v) is 4.98. The highest BCUT2D eigenvalue weighted by molar-refractivity contribution is 7.09. The van der Waals surface area contributed by atoms with Gasteiger partial charge in [0.15, 0.2) is 5.76 Å². The summed E-state index contributed by atoms with van der Waals surface area (Å²) in [4.78, 5) is 29.8. The van der Waals surface area contributed by atoms with Crippen LogP contribution in [0.3, 0.4) is 0 Å². The molecule has 2 aromatic heterocycles. The molecule has 2 heterocycles. The number of furan rings is 1. The lowest BCUT2D eigenvalue weighted by molar-refractivity contribution is -0.126. The van der Waals surface area contributed by atoms with Gasteiger partial charge in [0.2, 0.25) is 5.91 Å². The zero-order valence-corrected chi connectivity index (χ0v) is 19.4. The van der Waals surface area contributed by atoms with Gasteiger partial charge in [-0.1, -0.05) is 57.0 Å². The molecule has 1 N–H and O–H groups in total. The third-order valence-corrected chi connectivity index (χ3v) is 6.94. The highest BCUT2D eigenvalue weighted by Gasteiger charge is 2.34. The maximum absolute atomic E-state index is 13.6. The van der Waals surface area contributed by atoms with E-state index in [9.17, 15) is 9.59 Å². The summed E-state index contributed by atoms with van der Waals surface area (Å²) in [5.74, 6) is 0.203. The van der Waals surface area contributed by atoms with Gasteiger partial charge >= 0.3 is 0 Å². The summed E-state index contributed by atoms with van der Waals surface area (Å²) < 4.78 is 5.43. The van der Waals surface area contributed by atoms with Crippen LogP contribution < -0.4 is 5.32 Å². The van der Waals surface area contributed by atoms with Crippen LogP contribution in [0.2, 0.25) is 0 Å². The third-order valence-electron chi connectivity index (χ3n) is 6.08. The van der Waals surface area contributed by atoms with Crippen molar-refractivity contribution in [1.82, 2.24) is 10.2 Å². The second kappa shape index (κ2) is 10.2. The Morgan fingerprint density at radius 1 is 1.06 bits per heavy atom.